The first-order valence-corrected chi connectivity index (χ1v) is 5.00. The first kappa shape index (κ1) is 11.8. The maximum absolute atomic E-state index is 11.3. The van der Waals surface area contributed by atoms with Crippen LogP contribution in [0.25, 0.3) is 0 Å². The summed E-state index contributed by atoms with van der Waals surface area (Å²) in [6.07, 6.45) is 1.66. The Balaban J connectivity index is 2.47. The van der Waals surface area contributed by atoms with Crippen LogP contribution in [0.3, 0.4) is 0 Å². The van der Waals surface area contributed by atoms with Crippen molar-refractivity contribution in [2.24, 2.45) is 0 Å². The highest BCUT2D eigenvalue weighted by Crippen LogP contribution is 2.17. The van der Waals surface area contributed by atoms with Crippen LogP contribution in [0.1, 0.15) is 24.3 Å². The van der Waals surface area contributed by atoms with E-state index in [1.165, 1.54) is 0 Å². The van der Waals surface area contributed by atoms with Crippen LogP contribution in [0.2, 0.25) is 0 Å². The molecular formula is C11H18N2O2. The molecule has 0 radical (unpaired) electrons. The standard InChI is InChI=1S/C11H18N2O2/c1-8-5-6-15-11(8)9(2)12-7-10(14)13(3)4/h5-6,9,12H,7H2,1-4H3. The van der Waals surface area contributed by atoms with Gasteiger partial charge in [0.15, 0.2) is 0 Å². The molecule has 0 spiro atoms. The summed E-state index contributed by atoms with van der Waals surface area (Å²) >= 11 is 0. The fourth-order valence-corrected chi connectivity index (χ4v) is 1.32. The number of furan rings is 1. The number of nitrogens with zero attached hydrogens (tertiary/aromatic N) is 1. The summed E-state index contributed by atoms with van der Waals surface area (Å²) in [5.74, 6) is 0.951. The lowest BCUT2D eigenvalue weighted by Gasteiger charge is -2.15. The summed E-state index contributed by atoms with van der Waals surface area (Å²) in [4.78, 5) is 12.9. The molecule has 0 aliphatic carbocycles. The quantitative estimate of drug-likeness (QED) is 0.815. The van der Waals surface area contributed by atoms with Crippen molar-refractivity contribution in [3.8, 4) is 0 Å². The summed E-state index contributed by atoms with van der Waals surface area (Å²) in [5.41, 5.74) is 1.10. The summed E-state index contributed by atoms with van der Waals surface area (Å²) < 4.78 is 5.33. The van der Waals surface area contributed by atoms with E-state index in [-0.39, 0.29) is 11.9 Å². The van der Waals surface area contributed by atoms with Gasteiger partial charge in [0.2, 0.25) is 5.91 Å². The van der Waals surface area contributed by atoms with E-state index in [2.05, 4.69) is 5.32 Å². The third-order valence-corrected chi connectivity index (χ3v) is 2.35. The molecule has 0 aliphatic heterocycles. The number of hydrogen-bond donors (Lipinski definition) is 1. The summed E-state index contributed by atoms with van der Waals surface area (Å²) in [6, 6.07) is 1.98. The summed E-state index contributed by atoms with van der Waals surface area (Å²) in [5, 5.41) is 3.12. The Morgan fingerprint density at radius 1 is 1.60 bits per heavy atom. The minimum atomic E-state index is 0.0592. The number of rotatable bonds is 4. The van der Waals surface area contributed by atoms with Crippen molar-refractivity contribution in [2.75, 3.05) is 20.6 Å². The smallest absolute Gasteiger partial charge is 0.236 e. The number of amides is 1. The van der Waals surface area contributed by atoms with Crippen LogP contribution in [-0.2, 0) is 4.79 Å². The van der Waals surface area contributed by atoms with Crippen molar-refractivity contribution >= 4 is 5.91 Å². The second-order valence-electron chi connectivity index (χ2n) is 3.86. The van der Waals surface area contributed by atoms with E-state index in [9.17, 15) is 4.79 Å². The molecular weight excluding hydrogens is 192 g/mol. The van der Waals surface area contributed by atoms with E-state index in [1.807, 2.05) is 19.9 Å². The van der Waals surface area contributed by atoms with Gasteiger partial charge >= 0.3 is 0 Å². The van der Waals surface area contributed by atoms with Gasteiger partial charge in [-0.3, -0.25) is 10.1 Å². The lowest BCUT2D eigenvalue weighted by atomic mass is 10.2. The Morgan fingerprint density at radius 2 is 2.27 bits per heavy atom. The lowest BCUT2D eigenvalue weighted by molar-refractivity contribution is -0.127. The molecule has 0 fully saturated rings. The van der Waals surface area contributed by atoms with Gasteiger partial charge in [-0.15, -0.1) is 0 Å². The molecule has 0 saturated heterocycles. The molecule has 1 amide bonds. The number of aryl methyl sites for hydroxylation is 1. The van der Waals surface area contributed by atoms with E-state index < -0.39 is 0 Å². The maximum atomic E-state index is 11.3. The molecule has 0 saturated carbocycles. The van der Waals surface area contributed by atoms with Crippen LogP contribution in [0.5, 0.6) is 0 Å². The average molecular weight is 210 g/mol. The molecule has 1 unspecified atom stereocenters. The second kappa shape index (κ2) is 4.98. The van der Waals surface area contributed by atoms with E-state index in [0.717, 1.165) is 11.3 Å². The van der Waals surface area contributed by atoms with Crippen molar-refractivity contribution in [1.29, 1.82) is 0 Å². The van der Waals surface area contributed by atoms with Crippen LogP contribution in [0.15, 0.2) is 16.7 Å². The van der Waals surface area contributed by atoms with Gasteiger partial charge in [0.1, 0.15) is 5.76 Å². The number of carbonyl (C=O) groups is 1. The zero-order chi connectivity index (χ0) is 11.4. The third kappa shape index (κ3) is 3.09. The molecule has 1 rings (SSSR count). The molecule has 1 aromatic rings. The van der Waals surface area contributed by atoms with Gasteiger partial charge in [0.05, 0.1) is 18.8 Å². The third-order valence-electron chi connectivity index (χ3n) is 2.35. The largest absolute Gasteiger partial charge is 0.467 e. The zero-order valence-electron chi connectivity index (χ0n) is 9.70. The lowest BCUT2D eigenvalue weighted by Crippen LogP contribution is -2.34. The minimum Gasteiger partial charge on any atom is -0.467 e. The van der Waals surface area contributed by atoms with Gasteiger partial charge in [-0.2, -0.15) is 0 Å². The topological polar surface area (TPSA) is 45.5 Å². The van der Waals surface area contributed by atoms with E-state index in [4.69, 9.17) is 4.42 Å². The molecule has 4 heteroatoms. The van der Waals surface area contributed by atoms with Crippen LogP contribution in [0, 0.1) is 6.92 Å². The number of likely N-dealkylation sites (N-methyl/N-ethyl adjacent to an activating group) is 1. The van der Waals surface area contributed by atoms with Crippen molar-refractivity contribution < 1.29 is 9.21 Å². The molecule has 1 N–H and O–H groups in total. The van der Waals surface area contributed by atoms with Crippen LogP contribution < -0.4 is 5.32 Å². The van der Waals surface area contributed by atoms with Gasteiger partial charge in [0, 0.05) is 14.1 Å². The number of carbonyl (C=O) groups excluding carboxylic acids is 1. The van der Waals surface area contributed by atoms with Crippen molar-refractivity contribution in [3.05, 3.63) is 23.7 Å². The second-order valence-corrected chi connectivity index (χ2v) is 3.86. The Hall–Kier alpha value is -1.29. The Labute approximate surface area is 90.3 Å². The van der Waals surface area contributed by atoms with E-state index in [1.54, 1.807) is 25.3 Å². The van der Waals surface area contributed by atoms with Crippen LogP contribution in [-0.4, -0.2) is 31.4 Å². The van der Waals surface area contributed by atoms with Gasteiger partial charge < -0.3 is 9.32 Å². The fourth-order valence-electron chi connectivity index (χ4n) is 1.32. The summed E-state index contributed by atoms with van der Waals surface area (Å²) in [7, 11) is 3.49. The molecule has 1 atom stereocenters. The fraction of sp³-hybridized carbons (Fsp3) is 0.545. The van der Waals surface area contributed by atoms with Crippen molar-refractivity contribution in [2.45, 2.75) is 19.9 Å². The number of nitrogens with one attached hydrogen (secondary N) is 1. The highest BCUT2D eigenvalue weighted by atomic mass is 16.3. The average Bonchev–Trinajstić information content (AvgIpc) is 2.60. The van der Waals surface area contributed by atoms with Gasteiger partial charge in [-0.05, 0) is 25.5 Å². The molecule has 0 bridgehead atoms. The number of hydrogen-bond acceptors (Lipinski definition) is 3. The Bertz CT molecular complexity index is 331. The zero-order valence-corrected chi connectivity index (χ0v) is 9.70. The van der Waals surface area contributed by atoms with Gasteiger partial charge in [-0.1, -0.05) is 0 Å². The Kier molecular flexibility index (Phi) is 3.91. The highest BCUT2D eigenvalue weighted by Gasteiger charge is 2.13. The summed E-state index contributed by atoms with van der Waals surface area (Å²) in [6.45, 7) is 4.30. The highest BCUT2D eigenvalue weighted by molar-refractivity contribution is 5.77. The minimum absolute atomic E-state index is 0.0592. The van der Waals surface area contributed by atoms with Crippen molar-refractivity contribution in [1.82, 2.24) is 10.2 Å². The molecule has 15 heavy (non-hydrogen) atoms. The van der Waals surface area contributed by atoms with E-state index in [0.29, 0.717) is 6.54 Å². The molecule has 0 aromatic carbocycles. The molecule has 4 nitrogen and oxygen atoms in total. The van der Waals surface area contributed by atoms with Gasteiger partial charge in [-0.25, -0.2) is 0 Å². The Morgan fingerprint density at radius 3 is 2.73 bits per heavy atom. The maximum Gasteiger partial charge on any atom is 0.236 e. The van der Waals surface area contributed by atoms with Gasteiger partial charge in [0.25, 0.3) is 0 Å². The first-order chi connectivity index (χ1) is 7.02. The molecule has 1 aromatic heterocycles. The van der Waals surface area contributed by atoms with E-state index >= 15 is 0 Å². The molecule has 84 valence electrons. The molecule has 1 heterocycles. The SMILES string of the molecule is Cc1ccoc1C(C)NCC(=O)N(C)C. The predicted octanol–water partition coefficient (Wildman–Crippen LogP) is 1.33. The molecule has 0 aliphatic rings. The normalized spacial score (nSPS) is 12.5. The monoisotopic (exact) mass is 210 g/mol. The van der Waals surface area contributed by atoms with Crippen LogP contribution in [0.4, 0.5) is 0 Å². The van der Waals surface area contributed by atoms with Crippen molar-refractivity contribution in [3.63, 3.8) is 0 Å². The predicted molar refractivity (Wildman–Crippen MR) is 58.6 cm³/mol. The first-order valence-electron chi connectivity index (χ1n) is 5.00. The van der Waals surface area contributed by atoms with Crippen LogP contribution >= 0.6 is 0 Å².